The van der Waals surface area contributed by atoms with Crippen LogP contribution in [0.4, 0.5) is 5.69 Å². The number of methoxy groups -OCH3 is 2. The lowest BCUT2D eigenvalue weighted by Gasteiger charge is -2.36. The van der Waals surface area contributed by atoms with Crippen LogP contribution in [0.15, 0.2) is 36.4 Å². The molecule has 0 spiro atoms. The first-order chi connectivity index (χ1) is 12.5. The van der Waals surface area contributed by atoms with Crippen molar-refractivity contribution in [3.05, 3.63) is 50.6 Å². The fourth-order valence-corrected chi connectivity index (χ4v) is 3.97. The standard InChI is InChI=1S/C19H20ClIN2O3/c1-25-17-11-13(15(21)12-18(17)26-2)19(24)23-9-7-22(8-10-23)16-6-4-3-5-14(16)20/h3-6,11-12H,7-10H2,1-2H3. The summed E-state index contributed by atoms with van der Waals surface area (Å²) in [5, 5.41) is 0.738. The maximum atomic E-state index is 13.0. The van der Waals surface area contributed by atoms with Crippen molar-refractivity contribution in [2.75, 3.05) is 45.3 Å². The van der Waals surface area contributed by atoms with Crippen molar-refractivity contribution >= 4 is 45.8 Å². The smallest absolute Gasteiger partial charge is 0.255 e. The average molecular weight is 487 g/mol. The van der Waals surface area contributed by atoms with Crippen LogP contribution < -0.4 is 14.4 Å². The van der Waals surface area contributed by atoms with Gasteiger partial charge in [-0.25, -0.2) is 0 Å². The predicted molar refractivity (Wildman–Crippen MR) is 112 cm³/mol. The minimum Gasteiger partial charge on any atom is -0.493 e. The van der Waals surface area contributed by atoms with Crippen LogP contribution in [-0.4, -0.2) is 51.2 Å². The number of hydrogen-bond donors (Lipinski definition) is 0. The second kappa shape index (κ2) is 8.35. The number of hydrogen-bond acceptors (Lipinski definition) is 4. The summed E-state index contributed by atoms with van der Waals surface area (Å²) in [5.41, 5.74) is 1.65. The molecule has 0 radical (unpaired) electrons. The number of carbonyl (C=O) groups is 1. The molecule has 3 rings (SSSR count). The second-order valence-electron chi connectivity index (χ2n) is 5.92. The lowest BCUT2D eigenvalue weighted by Crippen LogP contribution is -2.49. The van der Waals surface area contributed by atoms with Gasteiger partial charge in [0.15, 0.2) is 11.5 Å². The summed E-state index contributed by atoms with van der Waals surface area (Å²) >= 11 is 8.45. The number of piperazine rings is 1. The second-order valence-corrected chi connectivity index (χ2v) is 7.49. The molecule has 1 amide bonds. The van der Waals surface area contributed by atoms with Gasteiger partial charge in [-0.1, -0.05) is 23.7 Å². The minimum atomic E-state index is 0.00848. The molecule has 0 aliphatic carbocycles. The zero-order valence-electron chi connectivity index (χ0n) is 14.7. The summed E-state index contributed by atoms with van der Waals surface area (Å²) < 4.78 is 11.5. The lowest BCUT2D eigenvalue weighted by molar-refractivity contribution is 0.0745. The molecule has 2 aromatic carbocycles. The van der Waals surface area contributed by atoms with Crippen LogP contribution in [0.2, 0.25) is 5.02 Å². The Kier molecular flexibility index (Phi) is 6.13. The summed E-state index contributed by atoms with van der Waals surface area (Å²) in [6, 6.07) is 11.4. The Labute approximate surface area is 172 Å². The van der Waals surface area contributed by atoms with Gasteiger partial charge >= 0.3 is 0 Å². The number of carbonyl (C=O) groups excluding carboxylic acids is 1. The molecule has 0 bridgehead atoms. The third-order valence-corrected chi connectivity index (χ3v) is 5.68. The molecule has 2 aromatic rings. The van der Waals surface area contributed by atoms with Gasteiger partial charge < -0.3 is 19.3 Å². The van der Waals surface area contributed by atoms with E-state index in [-0.39, 0.29) is 5.91 Å². The van der Waals surface area contributed by atoms with Crippen LogP contribution in [-0.2, 0) is 0 Å². The van der Waals surface area contributed by atoms with E-state index in [2.05, 4.69) is 27.5 Å². The molecule has 7 heteroatoms. The molecule has 1 heterocycles. The van der Waals surface area contributed by atoms with Crippen LogP contribution in [0.3, 0.4) is 0 Å². The Balaban J connectivity index is 1.74. The van der Waals surface area contributed by atoms with E-state index >= 15 is 0 Å². The molecule has 1 aliphatic rings. The Hall–Kier alpha value is -1.67. The molecule has 0 N–H and O–H groups in total. The molecule has 26 heavy (non-hydrogen) atoms. The van der Waals surface area contributed by atoms with E-state index < -0.39 is 0 Å². The van der Waals surface area contributed by atoms with Crippen LogP contribution in [0.5, 0.6) is 11.5 Å². The van der Waals surface area contributed by atoms with E-state index in [1.165, 1.54) is 0 Å². The van der Waals surface area contributed by atoms with Gasteiger partial charge in [0.05, 0.1) is 30.5 Å². The SMILES string of the molecule is COc1cc(I)c(C(=O)N2CCN(c3ccccc3Cl)CC2)cc1OC. The maximum absolute atomic E-state index is 13.0. The molecule has 5 nitrogen and oxygen atoms in total. The first-order valence-corrected chi connectivity index (χ1v) is 9.71. The summed E-state index contributed by atoms with van der Waals surface area (Å²) in [7, 11) is 3.16. The average Bonchev–Trinajstić information content (AvgIpc) is 2.67. The molecular weight excluding hydrogens is 467 g/mol. The van der Waals surface area contributed by atoms with Gasteiger partial charge in [-0.3, -0.25) is 4.79 Å². The molecule has 1 aliphatic heterocycles. The molecule has 0 unspecified atom stereocenters. The summed E-state index contributed by atoms with van der Waals surface area (Å²) in [4.78, 5) is 17.1. The normalized spacial score (nSPS) is 14.3. The highest BCUT2D eigenvalue weighted by Gasteiger charge is 2.25. The Morgan fingerprint density at radius 3 is 2.27 bits per heavy atom. The van der Waals surface area contributed by atoms with Crippen molar-refractivity contribution in [1.82, 2.24) is 4.90 Å². The van der Waals surface area contributed by atoms with E-state index in [0.717, 1.165) is 27.4 Å². The summed E-state index contributed by atoms with van der Waals surface area (Å²) in [6.07, 6.45) is 0. The topological polar surface area (TPSA) is 42.0 Å². The molecule has 1 saturated heterocycles. The summed E-state index contributed by atoms with van der Waals surface area (Å²) in [5.74, 6) is 1.19. The number of anilines is 1. The molecule has 1 fully saturated rings. The van der Waals surface area contributed by atoms with Gasteiger partial charge in [-0.15, -0.1) is 0 Å². The van der Waals surface area contributed by atoms with Gasteiger partial charge in [-0.2, -0.15) is 0 Å². The fourth-order valence-electron chi connectivity index (χ4n) is 3.05. The monoisotopic (exact) mass is 486 g/mol. The fraction of sp³-hybridized carbons (Fsp3) is 0.316. The number of amides is 1. The number of para-hydroxylation sites is 1. The first kappa shape index (κ1) is 19.1. The quantitative estimate of drug-likeness (QED) is 0.615. The third-order valence-electron chi connectivity index (χ3n) is 4.46. The highest BCUT2D eigenvalue weighted by Crippen LogP contribution is 2.32. The van der Waals surface area contributed by atoms with Crippen molar-refractivity contribution in [2.24, 2.45) is 0 Å². The first-order valence-electron chi connectivity index (χ1n) is 8.25. The molecule has 138 valence electrons. The van der Waals surface area contributed by atoms with Crippen LogP contribution in [0, 0.1) is 3.57 Å². The Morgan fingerprint density at radius 1 is 1.04 bits per heavy atom. The van der Waals surface area contributed by atoms with Crippen LogP contribution >= 0.6 is 34.2 Å². The van der Waals surface area contributed by atoms with Gasteiger partial charge in [0.25, 0.3) is 5.91 Å². The van der Waals surface area contributed by atoms with E-state index in [1.807, 2.05) is 35.2 Å². The van der Waals surface area contributed by atoms with Crippen molar-refractivity contribution in [3.63, 3.8) is 0 Å². The Morgan fingerprint density at radius 2 is 1.65 bits per heavy atom. The van der Waals surface area contributed by atoms with E-state index in [1.54, 1.807) is 20.3 Å². The largest absolute Gasteiger partial charge is 0.493 e. The van der Waals surface area contributed by atoms with Crippen LogP contribution in [0.25, 0.3) is 0 Å². The third kappa shape index (κ3) is 3.86. The van der Waals surface area contributed by atoms with Crippen molar-refractivity contribution < 1.29 is 14.3 Å². The van der Waals surface area contributed by atoms with Crippen molar-refractivity contribution in [1.29, 1.82) is 0 Å². The van der Waals surface area contributed by atoms with Gasteiger partial charge in [0.1, 0.15) is 0 Å². The zero-order valence-corrected chi connectivity index (χ0v) is 17.6. The molecule has 0 saturated carbocycles. The van der Waals surface area contributed by atoms with Crippen LogP contribution in [0.1, 0.15) is 10.4 Å². The number of ether oxygens (including phenoxy) is 2. The zero-order chi connectivity index (χ0) is 18.7. The molecule has 0 aromatic heterocycles. The minimum absolute atomic E-state index is 0.00848. The highest BCUT2D eigenvalue weighted by atomic mass is 127. The van der Waals surface area contributed by atoms with Crippen molar-refractivity contribution in [2.45, 2.75) is 0 Å². The lowest BCUT2D eigenvalue weighted by atomic mass is 10.1. The number of benzene rings is 2. The van der Waals surface area contributed by atoms with Gasteiger partial charge in [0.2, 0.25) is 0 Å². The van der Waals surface area contributed by atoms with E-state index in [0.29, 0.717) is 30.2 Å². The number of nitrogens with zero attached hydrogens (tertiary/aromatic N) is 2. The van der Waals surface area contributed by atoms with Crippen molar-refractivity contribution in [3.8, 4) is 11.5 Å². The van der Waals surface area contributed by atoms with E-state index in [9.17, 15) is 4.79 Å². The predicted octanol–water partition coefficient (Wildman–Crippen LogP) is 3.92. The number of halogens is 2. The van der Waals surface area contributed by atoms with E-state index in [4.69, 9.17) is 21.1 Å². The molecule has 0 atom stereocenters. The highest BCUT2D eigenvalue weighted by molar-refractivity contribution is 14.1. The Bertz CT molecular complexity index is 807. The van der Waals surface area contributed by atoms with Gasteiger partial charge in [0, 0.05) is 29.7 Å². The maximum Gasteiger partial charge on any atom is 0.255 e. The van der Waals surface area contributed by atoms with Gasteiger partial charge in [-0.05, 0) is 46.9 Å². The number of rotatable bonds is 4. The molecular formula is C19H20ClIN2O3. The summed E-state index contributed by atoms with van der Waals surface area (Å²) in [6.45, 7) is 2.79.